The monoisotopic (exact) mass is 810 g/mol. The number of ether oxygens (including phenoxy) is 2. The van der Waals surface area contributed by atoms with Crippen molar-refractivity contribution in [3.63, 3.8) is 0 Å². The molecule has 16 heteroatoms. The number of alkyl halides is 6. The van der Waals surface area contributed by atoms with Crippen LogP contribution in [0.3, 0.4) is 0 Å². The van der Waals surface area contributed by atoms with Crippen molar-refractivity contribution in [3.8, 4) is 28.0 Å². The molecule has 1 saturated heterocycles. The molecule has 2 atom stereocenters. The van der Waals surface area contributed by atoms with Gasteiger partial charge in [-0.3, -0.25) is 0 Å². The molecule has 0 aliphatic carbocycles. The van der Waals surface area contributed by atoms with Crippen molar-refractivity contribution in [1.29, 1.82) is 0 Å². The van der Waals surface area contributed by atoms with Crippen LogP contribution in [-0.2, 0) is 23.6 Å². The zero-order valence-corrected chi connectivity index (χ0v) is 27.2. The van der Waals surface area contributed by atoms with Gasteiger partial charge in [-0.2, -0.15) is 0 Å². The third-order valence-electron chi connectivity index (χ3n) is 7.91. The van der Waals surface area contributed by atoms with Gasteiger partial charge in [0.05, 0.1) is 0 Å². The Morgan fingerprint density at radius 2 is 1.47 bits per heavy atom. The number of cyclic esters (lactones) is 1. The van der Waals surface area contributed by atoms with Gasteiger partial charge in [-0.1, -0.05) is 0 Å². The Morgan fingerprint density at radius 1 is 0.857 bits per heavy atom. The average Bonchev–Trinajstić information content (AvgIpc) is 3.32. The summed E-state index contributed by atoms with van der Waals surface area (Å²) >= 11 is -2.02. The molecule has 0 spiro atoms. The molecule has 4 aromatic carbocycles. The zero-order valence-electron chi connectivity index (χ0n) is 25.0. The van der Waals surface area contributed by atoms with Gasteiger partial charge in [0.15, 0.2) is 0 Å². The van der Waals surface area contributed by atoms with Gasteiger partial charge in [-0.15, -0.1) is 0 Å². The molecule has 4 aromatic rings. The third kappa shape index (κ3) is 7.28. The topological polar surface area (TPSA) is 76.1 Å². The van der Waals surface area contributed by atoms with Crippen LogP contribution in [0.15, 0.2) is 66.7 Å². The minimum atomic E-state index is -5.14. The molecule has 1 aliphatic rings. The van der Waals surface area contributed by atoms with Crippen LogP contribution < -0.4 is 26.5 Å². The molecule has 1 fully saturated rings. The first-order valence-electron chi connectivity index (χ1n) is 14.0. The van der Waals surface area contributed by atoms with Crippen LogP contribution >= 0.6 is 0 Å². The molecule has 1 amide bonds. The van der Waals surface area contributed by atoms with Gasteiger partial charge < -0.3 is 5.11 Å². The Kier molecular flexibility index (Phi) is 9.82. The second-order valence-corrected chi connectivity index (χ2v) is 12.6. The van der Waals surface area contributed by atoms with E-state index in [4.69, 9.17) is 9.47 Å². The van der Waals surface area contributed by atoms with Crippen LogP contribution in [0.1, 0.15) is 45.6 Å². The number of carbonyl (C=O) groups is 2. The molecule has 0 radical (unpaired) electrons. The molecule has 49 heavy (non-hydrogen) atoms. The summed E-state index contributed by atoms with van der Waals surface area (Å²) in [5.74, 6) is -3.45. The van der Waals surface area contributed by atoms with E-state index in [1.165, 1.54) is 38.3 Å². The minimum absolute atomic E-state index is 0.0444. The average molecular weight is 810 g/mol. The molecular formula is C33H22F9INO5-. The van der Waals surface area contributed by atoms with E-state index in [0.29, 0.717) is 18.2 Å². The first-order valence-corrected chi connectivity index (χ1v) is 15.9. The number of carboxylic acids is 1. The van der Waals surface area contributed by atoms with Crippen molar-refractivity contribution in [1.82, 2.24) is 4.90 Å². The summed E-state index contributed by atoms with van der Waals surface area (Å²) in [6.07, 6.45) is -12.9. The van der Waals surface area contributed by atoms with E-state index >= 15 is 8.78 Å². The zero-order chi connectivity index (χ0) is 36.0. The number of hydrogen-bond acceptors (Lipinski definition) is 4. The predicted octanol–water partition coefficient (Wildman–Crippen LogP) is 6.27. The van der Waals surface area contributed by atoms with Gasteiger partial charge >= 0.3 is 274 Å². The SMILES string of the molecule is COc1cc(F)c(-c2ccc(C(=O)O)cc2F)cc1-c1ccc([I-]F)cc1CN1C(=O)O[C@H](c2cc(C(F)(F)F)cc(C(F)(F)F)c2)[C@@H]1C. The first-order chi connectivity index (χ1) is 22.9. The van der Waals surface area contributed by atoms with Crippen molar-refractivity contribution < 1.29 is 83.9 Å². The van der Waals surface area contributed by atoms with Crippen molar-refractivity contribution in [2.24, 2.45) is 0 Å². The van der Waals surface area contributed by atoms with E-state index in [0.717, 1.165) is 23.1 Å². The summed E-state index contributed by atoms with van der Waals surface area (Å²) in [7, 11) is 1.22. The first kappa shape index (κ1) is 35.8. The van der Waals surface area contributed by atoms with Crippen LogP contribution in [0.5, 0.6) is 5.75 Å². The quantitative estimate of drug-likeness (QED) is 0.168. The molecule has 0 bridgehead atoms. The van der Waals surface area contributed by atoms with Gasteiger partial charge in [-0.25, -0.2) is 4.79 Å². The summed E-state index contributed by atoms with van der Waals surface area (Å²) in [5, 5.41) is 9.17. The van der Waals surface area contributed by atoms with E-state index in [2.05, 4.69) is 0 Å². The second-order valence-electron chi connectivity index (χ2n) is 10.9. The number of halogens is 10. The molecule has 1 aliphatic heterocycles. The van der Waals surface area contributed by atoms with Gasteiger partial charge in [-0.05, 0) is 0 Å². The van der Waals surface area contributed by atoms with Gasteiger partial charge in [0, 0.05) is 0 Å². The van der Waals surface area contributed by atoms with Crippen LogP contribution in [-0.4, -0.2) is 35.2 Å². The molecule has 5 rings (SSSR count). The molecule has 1 heterocycles. The molecular weight excluding hydrogens is 788 g/mol. The van der Waals surface area contributed by atoms with Crippen molar-refractivity contribution in [2.75, 3.05) is 7.11 Å². The predicted molar refractivity (Wildman–Crippen MR) is 151 cm³/mol. The van der Waals surface area contributed by atoms with E-state index < -0.39 is 86.7 Å². The molecule has 260 valence electrons. The van der Waals surface area contributed by atoms with Crippen LogP contribution in [0.4, 0.5) is 42.8 Å². The van der Waals surface area contributed by atoms with Gasteiger partial charge in [0.25, 0.3) is 0 Å². The number of rotatable bonds is 8. The van der Waals surface area contributed by atoms with Crippen molar-refractivity contribution in [2.45, 2.75) is 38.0 Å². The second kappa shape index (κ2) is 13.4. The maximum atomic E-state index is 15.3. The van der Waals surface area contributed by atoms with Gasteiger partial charge in [0.1, 0.15) is 0 Å². The summed E-state index contributed by atoms with van der Waals surface area (Å²) < 4.78 is 136. The Balaban J connectivity index is 1.58. The summed E-state index contributed by atoms with van der Waals surface area (Å²) in [4.78, 5) is 25.4. The summed E-state index contributed by atoms with van der Waals surface area (Å²) in [5.41, 5.74) is -4.09. The molecule has 0 saturated carbocycles. The fraction of sp³-hybridized carbons (Fsp3) is 0.212. The number of methoxy groups -OCH3 is 1. The fourth-order valence-corrected chi connectivity index (χ4v) is 6.30. The number of carboxylic acid groups (broad SMARTS) is 1. The molecule has 0 aromatic heterocycles. The number of aromatic carboxylic acids is 1. The standard InChI is InChI=1S/C33H22F9INO5/c1-15-29(17-7-19(32(36,37)38)11-20(8-17)33(39,40)41)49-31(47)44(15)14-18-9-21(43-42)4-6-22(18)25-12-24(27(35)13-28(25)48-2)23-5-3-16(30(45)46)10-26(23)34/h3-13,15,29H,14H2,1-2H3,(H,45,46)/q-1/t15-,29-/m0/s1. The number of benzene rings is 4. The van der Waals surface area contributed by atoms with E-state index in [1.54, 1.807) is 0 Å². The fourth-order valence-electron chi connectivity index (χ4n) is 5.49. The van der Waals surface area contributed by atoms with Crippen LogP contribution in [0.2, 0.25) is 0 Å². The van der Waals surface area contributed by atoms with Crippen LogP contribution in [0, 0.1) is 15.2 Å². The van der Waals surface area contributed by atoms with Gasteiger partial charge in [0.2, 0.25) is 0 Å². The summed E-state index contributed by atoms with van der Waals surface area (Å²) in [6, 6.07) is 9.07. The van der Waals surface area contributed by atoms with E-state index in [-0.39, 0.29) is 55.3 Å². The Morgan fingerprint density at radius 3 is 2.02 bits per heavy atom. The van der Waals surface area contributed by atoms with Crippen molar-refractivity contribution in [3.05, 3.63) is 110 Å². The van der Waals surface area contributed by atoms with E-state index in [1.807, 2.05) is 0 Å². The number of nitrogens with zero attached hydrogens (tertiary/aromatic N) is 1. The summed E-state index contributed by atoms with van der Waals surface area (Å²) in [6.45, 7) is 0.973. The van der Waals surface area contributed by atoms with E-state index in [9.17, 15) is 43.9 Å². The van der Waals surface area contributed by atoms with Crippen molar-refractivity contribution >= 4 is 12.1 Å². The number of carbonyl (C=O) groups excluding carboxylic acids is 1. The van der Waals surface area contributed by atoms with Crippen LogP contribution in [0.25, 0.3) is 22.3 Å². The normalized spacial score (nSPS) is 16.6. The number of hydrogen-bond donors (Lipinski definition) is 1. The third-order valence-corrected chi connectivity index (χ3v) is 9.05. The Bertz CT molecular complexity index is 1920. The molecule has 6 nitrogen and oxygen atoms in total. The maximum absolute atomic E-state index is 15.3. The Hall–Kier alpha value is -4.48. The molecule has 1 N–H and O–H groups in total. The number of amides is 1. The molecule has 0 unspecified atom stereocenters. The Labute approximate surface area is 283 Å².